The summed E-state index contributed by atoms with van der Waals surface area (Å²) in [6, 6.07) is 20.5. The van der Waals surface area contributed by atoms with Gasteiger partial charge in [-0.3, -0.25) is 0 Å². The second-order valence-corrected chi connectivity index (χ2v) is 2.97. The molecule has 1 radical (unpaired) electrons. The highest BCUT2D eigenvalue weighted by atomic mass is 14.2. The van der Waals surface area contributed by atoms with Gasteiger partial charge in [-0.1, -0.05) is 36.4 Å². The lowest BCUT2D eigenvalue weighted by Crippen LogP contribution is -1.79. The van der Waals surface area contributed by atoms with E-state index in [4.69, 9.17) is 5.26 Å². The summed E-state index contributed by atoms with van der Waals surface area (Å²) in [4.78, 5) is 0. The Balaban J connectivity index is 2.49. The number of nitriles is 1. The lowest BCUT2D eigenvalue weighted by atomic mass is 10.0. The topological polar surface area (TPSA) is 23.8 Å². The third-order valence-electron chi connectivity index (χ3n) is 2.02. The molecule has 0 amide bonds. The Bertz CT molecular complexity index is 466. The fourth-order valence-corrected chi connectivity index (χ4v) is 1.32. The summed E-state index contributed by atoms with van der Waals surface area (Å²) in [6.07, 6.45) is 0. The molecule has 0 fully saturated rings. The monoisotopic (exact) mass is 178 g/mol. The van der Waals surface area contributed by atoms with E-state index >= 15 is 0 Å². The molecule has 0 unspecified atom stereocenters. The van der Waals surface area contributed by atoms with Crippen molar-refractivity contribution in [2.75, 3.05) is 0 Å². The van der Waals surface area contributed by atoms with Gasteiger partial charge in [0, 0.05) is 0 Å². The smallest absolute Gasteiger partial charge is 0.0991 e. The predicted octanol–water partition coefficient (Wildman–Crippen LogP) is 3.03. The summed E-state index contributed by atoms with van der Waals surface area (Å²) in [5.41, 5.74) is 2.72. The average Bonchev–Trinajstić information content (AvgIpc) is 2.30. The second kappa shape index (κ2) is 3.76. The number of benzene rings is 2. The Kier molecular flexibility index (Phi) is 2.29. The SMILES string of the molecule is N#Cc1cc[c]c(-c2ccccc2)c1. The molecule has 14 heavy (non-hydrogen) atoms. The van der Waals surface area contributed by atoms with Crippen LogP contribution in [-0.2, 0) is 0 Å². The Hall–Kier alpha value is -2.07. The van der Waals surface area contributed by atoms with Crippen molar-refractivity contribution in [2.24, 2.45) is 0 Å². The maximum atomic E-state index is 8.75. The Morgan fingerprint density at radius 1 is 1.07 bits per heavy atom. The van der Waals surface area contributed by atoms with Crippen molar-refractivity contribution < 1.29 is 0 Å². The summed E-state index contributed by atoms with van der Waals surface area (Å²) in [5, 5.41) is 8.75. The van der Waals surface area contributed by atoms with Crippen LogP contribution in [0.25, 0.3) is 11.1 Å². The van der Waals surface area contributed by atoms with E-state index in [0.717, 1.165) is 11.1 Å². The minimum atomic E-state index is 0.669. The van der Waals surface area contributed by atoms with Gasteiger partial charge >= 0.3 is 0 Å². The molecule has 0 aliphatic rings. The lowest BCUT2D eigenvalue weighted by molar-refractivity contribution is 1.48. The molecule has 0 aliphatic carbocycles. The van der Waals surface area contributed by atoms with Crippen molar-refractivity contribution in [1.82, 2.24) is 0 Å². The minimum Gasteiger partial charge on any atom is -0.192 e. The zero-order chi connectivity index (χ0) is 9.80. The second-order valence-electron chi connectivity index (χ2n) is 2.97. The van der Waals surface area contributed by atoms with Gasteiger partial charge in [0.25, 0.3) is 0 Å². The number of nitrogens with zero attached hydrogens (tertiary/aromatic N) is 1. The Morgan fingerprint density at radius 3 is 2.57 bits per heavy atom. The van der Waals surface area contributed by atoms with Crippen molar-refractivity contribution in [2.45, 2.75) is 0 Å². The molecule has 0 saturated carbocycles. The molecule has 2 aromatic rings. The molecule has 2 rings (SSSR count). The van der Waals surface area contributed by atoms with Crippen LogP contribution in [-0.4, -0.2) is 0 Å². The van der Waals surface area contributed by atoms with Crippen LogP contribution in [0.15, 0.2) is 48.5 Å². The maximum Gasteiger partial charge on any atom is 0.0991 e. The third kappa shape index (κ3) is 1.65. The van der Waals surface area contributed by atoms with E-state index in [1.54, 1.807) is 12.1 Å². The van der Waals surface area contributed by atoms with Crippen LogP contribution < -0.4 is 0 Å². The Morgan fingerprint density at radius 2 is 1.86 bits per heavy atom. The average molecular weight is 178 g/mol. The molecule has 0 spiro atoms. The van der Waals surface area contributed by atoms with Gasteiger partial charge in [-0.2, -0.15) is 5.26 Å². The van der Waals surface area contributed by atoms with Gasteiger partial charge in [0.2, 0.25) is 0 Å². The van der Waals surface area contributed by atoms with E-state index in [9.17, 15) is 0 Å². The maximum absolute atomic E-state index is 8.75. The molecular weight excluding hydrogens is 170 g/mol. The van der Waals surface area contributed by atoms with Gasteiger partial charge in [-0.25, -0.2) is 0 Å². The molecule has 1 nitrogen and oxygen atoms in total. The zero-order valence-electron chi connectivity index (χ0n) is 7.57. The van der Waals surface area contributed by atoms with E-state index in [2.05, 4.69) is 12.1 Å². The first-order valence-corrected chi connectivity index (χ1v) is 4.37. The van der Waals surface area contributed by atoms with Gasteiger partial charge in [0.05, 0.1) is 11.6 Å². The summed E-state index contributed by atoms with van der Waals surface area (Å²) in [6.45, 7) is 0. The minimum absolute atomic E-state index is 0.669. The molecule has 2 aromatic carbocycles. The molecule has 0 aliphatic heterocycles. The fraction of sp³-hybridized carbons (Fsp3) is 0. The van der Waals surface area contributed by atoms with Crippen molar-refractivity contribution in [3.8, 4) is 17.2 Å². The van der Waals surface area contributed by atoms with Crippen LogP contribution in [0.5, 0.6) is 0 Å². The normalized spacial score (nSPS) is 9.36. The largest absolute Gasteiger partial charge is 0.192 e. The van der Waals surface area contributed by atoms with Crippen molar-refractivity contribution >= 4 is 0 Å². The van der Waals surface area contributed by atoms with E-state index in [-0.39, 0.29) is 0 Å². The number of rotatable bonds is 1. The van der Waals surface area contributed by atoms with Crippen LogP contribution >= 0.6 is 0 Å². The first kappa shape index (κ1) is 8.52. The van der Waals surface area contributed by atoms with Crippen LogP contribution in [0.3, 0.4) is 0 Å². The van der Waals surface area contributed by atoms with E-state index in [1.165, 1.54) is 0 Å². The quantitative estimate of drug-likeness (QED) is 0.658. The van der Waals surface area contributed by atoms with E-state index in [1.807, 2.05) is 36.4 Å². The molecule has 65 valence electrons. The summed E-state index contributed by atoms with van der Waals surface area (Å²) in [5.74, 6) is 0. The van der Waals surface area contributed by atoms with Gasteiger partial charge < -0.3 is 0 Å². The summed E-state index contributed by atoms with van der Waals surface area (Å²) >= 11 is 0. The zero-order valence-corrected chi connectivity index (χ0v) is 7.57. The first-order valence-electron chi connectivity index (χ1n) is 4.37. The molecule has 0 N–H and O–H groups in total. The van der Waals surface area contributed by atoms with E-state index in [0.29, 0.717) is 5.56 Å². The van der Waals surface area contributed by atoms with Crippen molar-refractivity contribution in [3.05, 3.63) is 60.2 Å². The molecular formula is C13H8N. The first-order chi connectivity index (χ1) is 6.90. The highest BCUT2D eigenvalue weighted by Gasteiger charge is 1.97. The lowest BCUT2D eigenvalue weighted by Gasteiger charge is -1.99. The van der Waals surface area contributed by atoms with Gasteiger partial charge in [-0.15, -0.1) is 0 Å². The fourth-order valence-electron chi connectivity index (χ4n) is 1.32. The molecule has 0 heterocycles. The summed E-state index contributed by atoms with van der Waals surface area (Å²) in [7, 11) is 0. The molecule has 0 aromatic heterocycles. The van der Waals surface area contributed by atoms with Crippen LogP contribution in [0.1, 0.15) is 5.56 Å². The molecule has 0 saturated heterocycles. The van der Waals surface area contributed by atoms with Crippen molar-refractivity contribution in [3.63, 3.8) is 0 Å². The highest BCUT2D eigenvalue weighted by Crippen LogP contribution is 2.18. The number of hydrogen-bond donors (Lipinski definition) is 0. The molecule has 0 atom stereocenters. The standard InChI is InChI=1S/C13H8N/c14-10-11-5-4-8-13(9-11)12-6-2-1-3-7-12/h1-7,9H. The van der Waals surface area contributed by atoms with Gasteiger partial charge in [0.15, 0.2) is 0 Å². The van der Waals surface area contributed by atoms with E-state index < -0.39 is 0 Å². The van der Waals surface area contributed by atoms with Crippen molar-refractivity contribution in [1.29, 1.82) is 5.26 Å². The van der Waals surface area contributed by atoms with Gasteiger partial charge in [0.1, 0.15) is 0 Å². The van der Waals surface area contributed by atoms with Crippen LogP contribution in [0, 0.1) is 17.4 Å². The predicted molar refractivity (Wildman–Crippen MR) is 55.4 cm³/mol. The van der Waals surface area contributed by atoms with Crippen LogP contribution in [0.2, 0.25) is 0 Å². The van der Waals surface area contributed by atoms with Crippen LogP contribution in [0.4, 0.5) is 0 Å². The van der Waals surface area contributed by atoms with Gasteiger partial charge in [-0.05, 0) is 29.3 Å². The Labute approximate surface area is 83.2 Å². The molecule has 1 heteroatoms. The highest BCUT2D eigenvalue weighted by molar-refractivity contribution is 5.64. The summed E-state index contributed by atoms with van der Waals surface area (Å²) < 4.78 is 0. The number of hydrogen-bond acceptors (Lipinski definition) is 1. The molecule has 0 bridgehead atoms. The third-order valence-corrected chi connectivity index (χ3v) is 2.02.